The summed E-state index contributed by atoms with van der Waals surface area (Å²) >= 11 is 0. The van der Waals surface area contributed by atoms with Crippen molar-refractivity contribution in [2.45, 2.75) is 64.7 Å². The molecule has 1 fully saturated rings. The molecule has 0 aliphatic carbocycles. The van der Waals surface area contributed by atoms with Gasteiger partial charge in [0.05, 0.1) is 6.10 Å². The van der Waals surface area contributed by atoms with E-state index < -0.39 is 18.1 Å². The van der Waals surface area contributed by atoms with E-state index in [0.717, 1.165) is 31.2 Å². The van der Waals surface area contributed by atoms with Gasteiger partial charge in [0.25, 0.3) is 0 Å². The van der Waals surface area contributed by atoms with Crippen LogP contribution in [0, 0.1) is 5.92 Å². The summed E-state index contributed by atoms with van der Waals surface area (Å²) in [6, 6.07) is 8.77. The molecule has 2 atom stereocenters. The van der Waals surface area contributed by atoms with Gasteiger partial charge in [0, 0.05) is 18.9 Å². The number of likely N-dealkylation sites (tertiary alicyclic amines) is 1. The van der Waals surface area contributed by atoms with Gasteiger partial charge in [-0.15, -0.1) is 0 Å². The molecule has 1 aromatic rings. The minimum absolute atomic E-state index is 0.0260. The van der Waals surface area contributed by atoms with Crippen LogP contribution in [-0.2, 0) is 20.9 Å². The van der Waals surface area contributed by atoms with Crippen molar-refractivity contribution in [1.29, 1.82) is 0 Å². The lowest BCUT2D eigenvalue weighted by atomic mass is 9.96. The molecule has 1 unspecified atom stereocenters. The highest BCUT2D eigenvalue weighted by Crippen LogP contribution is 2.25. The quantitative estimate of drug-likeness (QED) is 0.734. The number of hydrogen-bond donors (Lipinski definition) is 1. The summed E-state index contributed by atoms with van der Waals surface area (Å²) in [5.41, 5.74) is 0.905. The summed E-state index contributed by atoms with van der Waals surface area (Å²) in [5, 5.41) is 9.99. The Bertz CT molecular complexity index is 554. The van der Waals surface area contributed by atoms with Gasteiger partial charge in [0.15, 0.2) is 0 Å². The number of aliphatic hydroxyl groups excluding tert-OH is 1. The molecule has 138 valence electrons. The summed E-state index contributed by atoms with van der Waals surface area (Å²) in [5.74, 6) is -0.535. The molecule has 0 radical (unpaired) electrons. The third kappa shape index (κ3) is 5.30. The van der Waals surface area contributed by atoms with Crippen LogP contribution in [0.1, 0.15) is 51.5 Å². The minimum atomic E-state index is -0.678. The number of carbonyl (C=O) groups excluding carboxylic acids is 2. The second-order valence-electron chi connectivity index (χ2n) is 6.76. The normalized spacial score (nSPS) is 20.1. The molecular formula is C20H29NO4. The summed E-state index contributed by atoms with van der Waals surface area (Å²) < 4.78 is 5.40. The minimum Gasteiger partial charge on any atom is -0.459 e. The molecule has 0 aromatic heterocycles. The number of esters is 1. The van der Waals surface area contributed by atoms with Crippen LogP contribution < -0.4 is 0 Å². The molecule has 1 saturated heterocycles. The van der Waals surface area contributed by atoms with E-state index >= 15 is 0 Å². The molecule has 25 heavy (non-hydrogen) atoms. The fraction of sp³-hybridized carbons (Fsp3) is 0.600. The average molecular weight is 347 g/mol. The van der Waals surface area contributed by atoms with Crippen molar-refractivity contribution in [2.75, 3.05) is 6.54 Å². The van der Waals surface area contributed by atoms with Gasteiger partial charge in [-0.05, 0) is 18.4 Å². The van der Waals surface area contributed by atoms with Gasteiger partial charge in [-0.1, -0.05) is 57.0 Å². The first kappa shape index (κ1) is 19.4. The van der Waals surface area contributed by atoms with Gasteiger partial charge in [-0.3, -0.25) is 4.79 Å². The molecule has 1 N–H and O–H groups in total. The lowest BCUT2D eigenvalue weighted by Gasteiger charge is -2.27. The van der Waals surface area contributed by atoms with E-state index in [9.17, 15) is 14.7 Å². The van der Waals surface area contributed by atoms with E-state index in [1.807, 2.05) is 30.3 Å². The van der Waals surface area contributed by atoms with Crippen LogP contribution in [0.4, 0.5) is 0 Å². The van der Waals surface area contributed by atoms with Crippen LogP contribution in [0.2, 0.25) is 0 Å². The van der Waals surface area contributed by atoms with E-state index in [4.69, 9.17) is 4.74 Å². The number of β-amino-alcohol motifs (C(OH)–C–C–N with tert-alkyl or cyclic N) is 1. The Morgan fingerprint density at radius 2 is 1.84 bits per heavy atom. The Morgan fingerprint density at radius 3 is 2.44 bits per heavy atom. The smallest absolute Gasteiger partial charge is 0.329 e. The Morgan fingerprint density at radius 1 is 1.20 bits per heavy atom. The Hall–Kier alpha value is -1.88. The van der Waals surface area contributed by atoms with Crippen molar-refractivity contribution in [1.82, 2.24) is 4.90 Å². The number of nitrogens with zero attached hydrogens (tertiary/aromatic N) is 1. The highest BCUT2D eigenvalue weighted by Gasteiger charge is 2.41. The molecule has 0 saturated carbocycles. The summed E-state index contributed by atoms with van der Waals surface area (Å²) in [6.45, 7) is 4.51. The van der Waals surface area contributed by atoms with Gasteiger partial charge >= 0.3 is 5.97 Å². The molecule has 2 rings (SSSR count). The van der Waals surface area contributed by atoms with E-state index in [0.29, 0.717) is 0 Å². The fourth-order valence-electron chi connectivity index (χ4n) is 3.43. The van der Waals surface area contributed by atoms with Gasteiger partial charge in [-0.2, -0.15) is 0 Å². The second-order valence-corrected chi connectivity index (χ2v) is 6.76. The van der Waals surface area contributed by atoms with E-state index in [1.165, 1.54) is 4.90 Å². The van der Waals surface area contributed by atoms with Crippen molar-refractivity contribution in [3.63, 3.8) is 0 Å². The number of hydrogen-bond acceptors (Lipinski definition) is 4. The standard InChI is InChI=1S/C20H29NO4/c1-3-8-16(9-4-2)19(23)21-13-17(22)12-18(21)20(24)25-14-15-10-6-5-7-11-15/h5-7,10-11,16-18,22H,3-4,8-9,12-14H2,1-2H3/t17-,18?/m1/s1. The van der Waals surface area contributed by atoms with Crippen molar-refractivity contribution in [3.05, 3.63) is 35.9 Å². The van der Waals surface area contributed by atoms with Crippen LogP contribution in [0.25, 0.3) is 0 Å². The summed E-state index contributed by atoms with van der Waals surface area (Å²) in [6.07, 6.45) is 3.06. The fourth-order valence-corrected chi connectivity index (χ4v) is 3.43. The predicted octanol–water partition coefficient (Wildman–Crippen LogP) is 2.91. The monoisotopic (exact) mass is 347 g/mol. The van der Waals surface area contributed by atoms with Crippen LogP contribution >= 0.6 is 0 Å². The highest BCUT2D eigenvalue weighted by molar-refractivity contribution is 5.86. The molecule has 1 aliphatic rings. The zero-order valence-corrected chi connectivity index (χ0v) is 15.2. The lowest BCUT2D eigenvalue weighted by molar-refractivity contribution is -0.155. The molecule has 5 nitrogen and oxygen atoms in total. The SMILES string of the molecule is CCCC(CCC)C(=O)N1C[C@H](O)CC1C(=O)OCc1ccccc1. The van der Waals surface area contributed by atoms with Gasteiger partial charge < -0.3 is 14.7 Å². The Kier molecular flexibility index (Phi) is 7.44. The van der Waals surface area contributed by atoms with Gasteiger partial charge in [0.1, 0.15) is 12.6 Å². The Labute approximate surface area is 150 Å². The van der Waals surface area contributed by atoms with E-state index in [1.54, 1.807) is 0 Å². The molecule has 5 heteroatoms. The highest BCUT2D eigenvalue weighted by atomic mass is 16.5. The average Bonchev–Trinajstić information content (AvgIpc) is 3.01. The molecule has 0 spiro atoms. The maximum Gasteiger partial charge on any atom is 0.329 e. The second kappa shape index (κ2) is 9.56. The van der Waals surface area contributed by atoms with Crippen LogP contribution in [0.15, 0.2) is 30.3 Å². The van der Waals surface area contributed by atoms with Crippen LogP contribution in [0.5, 0.6) is 0 Å². The van der Waals surface area contributed by atoms with Crippen LogP contribution in [-0.4, -0.2) is 40.6 Å². The molecule has 1 amide bonds. The summed E-state index contributed by atoms with van der Waals surface area (Å²) in [4.78, 5) is 26.9. The van der Waals surface area contributed by atoms with Crippen molar-refractivity contribution < 1.29 is 19.4 Å². The number of carbonyl (C=O) groups is 2. The maximum atomic E-state index is 12.9. The summed E-state index contributed by atoms with van der Waals surface area (Å²) in [7, 11) is 0. The lowest BCUT2D eigenvalue weighted by Crippen LogP contribution is -2.44. The first-order chi connectivity index (χ1) is 12.1. The van der Waals surface area contributed by atoms with E-state index in [-0.39, 0.29) is 31.4 Å². The van der Waals surface area contributed by atoms with Crippen molar-refractivity contribution >= 4 is 11.9 Å². The maximum absolute atomic E-state index is 12.9. The number of amides is 1. The number of ether oxygens (including phenoxy) is 1. The van der Waals surface area contributed by atoms with Gasteiger partial charge in [0.2, 0.25) is 5.91 Å². The zero-order chi connectivity index (χ0) is 18.2. The number of benzene rings is 1. The predicted molar refractivity (Wildman–Crippen MR) is 95.7 cm³/mol. The zero-order valence-electron chi connectivity index (χ0n) is 15.2. The molecular weight excluding hydrogens is 318 g/mol. The van der Waals surface area contributed by atoms with Crippen LogP contribution in [0.3, 0.4) is 0 Å². The third-order valence-corrected chi connectivity index (χ3v) is 4.68. The topological polar surface area (TPSA) is 66.8 Å². The number of rotatable bonds is 8. The molecule has 1 aromatic carbocycles. The molecule has 1 aliphatic heterocycles. The first-order valence-corrected chi connectivity index (χ1v) is 9.25. The van der Waals surface area contributed by atoms with Crippen molar-refractivity contribution in [3.8, 4) is 0 Å². The Balaban J connectivity index is 2.01. The molecule has 0 bridgehead atoms. The van der Waals surface area contributed by atoms with E-state index in [2.05, 4.69) is 13.8 Å². The van der Waals surface area contributed by atoms with Crippen molar-refractivity contribution in [2.24, 2.45) is 5.92 Å². The third-order valence-electron chi connectivity index (χ3n) is 4.68. The molecule has 1 heterocycles. The largest absolute Gasteiger partial charge is 0.459 e. The first-order valence-electron chi connectivity index (χ1n) is 9.25. The number of aliphatic hydroxyl groups is 1. The van der Waals surface area contributed by atoms with Gasteiger partial charge in [-0.25, -0.2) is 4.79 Å².